The first-order valence-electron chi connectivity index (χ1n) is 5.48. The minimum absolute atomic E-state index is 0.168. The summed E-state index contributed by atoms with van der Waals surface area (Å²) in [4.78, 5) is 11.0. The number of piperidine rings is 1. The predicted octanol–water partition coefficient (Wildman–Crippen LogP) is 1.82. The number of amides is 1. The van der Waals surface area contributed by atoms with Gasteiger partial charge < -0.3 is 10.6 Å². The molecule has 0 bridgehead atoms. The Morgan fingerprint density at radius 2 is 2.12 bits per heavy atom. The van der Waals surface area contributed by atoms with Crippen LogP contribution in [0.2, 0.25) is 0 Å². The molecule has 0 aliphatic carbocycles. The van der Waals surface area contributed by atoms with Crippen molar-refractivity contribution >= 4 is 21.8 Å². The van der Waals surface area contributed by atoms with Gasteiger partial charge in [-0.3, -0.25) is 4.79 Å². The highest BCUT2D eigenvalue weighted by atomic mass is 79.9. The maximum absolute atomic E-state index is 11.0. The average molecular weight is 283 g/mol. The van der Waals surface area contributed by atoms with Crippen LogP contribution in [0.1, 0.15) is 18.4 Å². The highest BCUT2D eigenvalue weighted by Crippen LogP contribution is 2.11. The molecule has 1 aliphatic heterocycles. The van der Waals surface area contributed by atoms with Crippen LogP contribution in [0, 0.1) is 0 Å². The van der Waals surface area contributed by atoms with Crippen LogP contribution >= 0.6 is 15.9 Å². The van der Waals surface area contributed by atoms with E-state index in [0.29, 0.717) is 12.5 Å². The zero-order chi connectivity index (χ0) is 11.4. The lowest BCUT2D eigenvalue weighted by Crippen LogP contribution is -2.45. The number of nitrogens with one attached hydrogen (secondary N) is 2. The summed E-state index contributed by atoms with van der Waals surface area (Å²) in [6, 6.07) is 8.68. The van der Waals surface area contributed by atoms with Gasteiger partial charge in [0, 0.05) is 30.0 Å². The Labute approximate surface area is 104 Å². The van der Waals surface area contributed by atoms with Crippen LogP contribution in [0.4, 0.5) is 0 Å². The molecule has 0 aromatic heterocycles. The van der Waals surface area contributed by atoms with E-state index in [9.17, 15) is 4.79 Å². The smallest absolute Gasteiger partial charge is 0.220 e. The van der Waals surface area contributed by atoms with Crippen molar-refractivity contribution in [2.24, 2.45) is 0 Å². The lowest BCUT2D eigenvalue weighted by atomic mass is 10.1. The van der Waals surface area contributed by atoms with Crippen LogP contribution in [0.25, 0.3) is 0 Å². The fourth-order valence-electron chi connectivity index (χ4n) is 1.77. The van der Waals surface area contributed by atoms with Crippen LogP contribution in [-0.4, -0.2) is 18.5 Å². The first kappa shape index (κ1) is 11.6. The number of rotatable bonds is 3. The van der Waals surface area contributed by atoms with Gasteiger partial charge in [-0.25, -0.2) is 0 Å². The molecule has 4 heteroatoms. The Morgan fingerprint density at radius 3 is 2.75 bits per heavy atom. The van der Waals surface area contributed by atoms with Crippen molar-refractivity contribution in [1.82, 2.24) is 10.6 Å². The van der Waals surface area contributed by atoms with E-state index in [1.807, 2.05) is 12.1 Å². The van der Waals surface area contributed by atoms with Gasteiger partial charge in [-0.15, -0.1) is 0 Å². The zero-order valence-corrected chi connectivity index (χ0v) is 10.6. The largest absolute Gasteiger partial charge is 0.355 e. The molecule has 2 rings (SSSR count). The summed E-state index contributed by atoms with van der Waals surface area (Å²) in [5.41, 5.74) is 1.26. The summed E-state index contributed by atoms with van der Waals surface area (Å²) in [7, 11) is 0. The van der Waals surface area contributed by atoms with E-state index in [1.165, 1.54) is 5.56 Å². The molecule has 2 N–H and O–H groups in total. The third-order valence-electron chi connectivity index (χ3n) is 2.77. The van der Waals surface area contributed by atoms with Gasteiger partial charge in [-0.2, -0.15) is 0 Å². The molecule has 1 aliphatic rings. The van der Waals surface area contributed by atoms with E-state index in [-0.39, 0.29) is 5.91 Å². The van der Waals surface area contributed by atoms with E-state index < -0.39 is 0 Å². The Kier molecular flexibility index (Phi) is 3.96. The van der Waals surface area contributed by atoms with Gasteiger partial charge in [0.05, 0.1) is 0 Å². The van der Waals surface area contributed by atoms with Crippen molar-refractivity contribution < 1.29 is 4.79 Å². The van der Waals surface area contributed by atoms with Crippen molar-refractivity contribution in [2.45, 2.75) is 25.4 Å². The molecule has 1 heterocycles. The minimum atomic E-state index is 0.168. The molecule has 0 saturated carbocycles. The molecule has 1 aromatic rings. The average Bonchev–Trinajstić information content (AvgIpc) is 2.30. The van der Waals surface area contributed by atoms with Crippen molar-refractivity contribution in [3.63, 3.8) is 0 Å². The summed E-state index contributed by atoms with van der Waals surface area (Å²) in [5.74, 6) is 0.168. The quantitative estimate of drug-likeness (QED) is 0.888. The molecule has 0 radical (unpaired) electrons. The van der Waals surface area contributed by atoms with Gasteiger partial charge in [0.25, 0.3) is 0 Å². The maximum atomic E-state index is 11.0. The van der Waals surface area contributed by atoms with Crippen LogP contribution < -0.4 is 10.6 Å². The predicted molar refractivity (Wildman–Crippen MR) is 67.0 cm³/mol. The highest BCUT2D eigenvalue weighted by molar-refractivity contribution is 9.10. The summed E-state index contributed by atoms with van der Waals surface area (Å²) in [6.45, 7) is 1.60. The standard InChI is InChI=1S/C12H15BrN2O/c13-10-3-1-9(2-4-10)7-14-11-5-6-12(16)15-8-11/h1-4,11,14H,5-8H2,(H,15,16). The van der Waals surface area contributed by atoms with E-state index in [1.54, 1.807) is 0 Å². The summed E-state index contributed by atoms with van der Waals surface area (Å²) < 4.78 is 1.10. The Morgan fingerprint density at radius 1 is 1.38 bits per heavy atom. The first-order valence-corrected chi connectivity index (χ1v) is 6.28. The second kappa shape index (κ2) is 5.46. The number of hydrogen-bond donors (Lipinski definition) is 2. The third kappa shape index (κ3) is 3.32. The van der Waals surface area contributed by atoms with Crippen molar-refractivity contribution in [2.75, 3.05) is 6.54 Å². The van der Waals surface area contributed by atoms with Crippen LogP contribution in [0.15, 0.2) is 28.7 Å². The molecule has 1 atom stereocenters. The highest BCUT2D eigenvalue weighted by Gasteiger charge is 2.16. The molecule has 16 heavy (non-hydrogen) atoms. The second-order valence-corrected chi connectivity index (χ2v) is 4.96. The van der Waals surface area contributed by atoms with Gasteiger partial charge >= 0.3 is 0 Å². The number of hydrogen-bond acceptors (Lipinski definition) is 2. The monoisotopic (exact) mass is 282 g/mol. The summed E-state index contributed by atoms with van der Waals surface area (Å²) in [6.07, 6.45) is 1.57. The molecule has 86 valence electrons. The van der Waals surface area contributed by atoms with Crippen LogP contribution in [0.5, 0.6) is 0 Å². The maximum Gasteiger partial charge on any atom is 0.220 e. The fourth-order valence-corrected chi connectivity index (χ4v) is 2.04. The molecule has 1 saturated heterocycles. The Hall–Kier alpha value is -0.870. The van der Waals surface area contributed by atoms with Crippen LogP contribution in [-0.2, 0) is 11.3 Å². The molecule has 3 nitrogen and oxygen atoms in total. The summed E-state index contributed by atoms with van der Waals surface area (Å²) >= 11 is 3.41. The number of carbonyl (C=O) groups is 1. The van der Waals surface area contributed by atoms with E-state index in [4.69, 9.17) is 0 Å². The Bertz CT molecular complexity index is 354. The zero-order valence-electron chi connectivity index (χ0n) is 9.00. The van der Waals surface area contributed by atoms with E-state index >= 15 is 0 Å². The van der Waals surface area contributed by atoms with E-state index in [0.717, 1.165) is 24.0 Å². The van der Waals surface area contributed by atoms with Crippen molar-refractivity contribution in [1.29, 1.82) is 0 Å². The number of halogens is 1. The van der Waals surface area contributed by atoms with Crippen molar-refractivity contribution in [3.05, 3.63) is 34.3 Å². The molecular formula is C12H15BrN2O. The van der Waals surface area contributed by atoms with Crippen molar-refractivity contribution in [3.8, 4) is 0 Å². The second-order valence-electron chi connectivity index (χ2n) is 4.05. The number of carbonyl (C=O) groups excluding carboxylic acids is 1. The molecule has 1 amide bonds. The number of benzene rings is 1. The van der Waals surface area contributed by atoms with Gasteiger partial charge in [0.15, 0.2) is 0 Å². The lowest BCUT2D eigenvalue weighted by Gasteiger charge is -2.23. The van der Waals surface area contributed by atoms with Gasteiger partial charge in [0.1, 0.15) is 0 Å². The third-order valence-corrected chi connectivity index (χ3v) is 3.30. The first-order chi connectivity index (χ1) is 7.74. The normalized spacial score (nSPS) is 20.6. The lowest BCUT2D eigenvalue weighted by molar-refractivity contribution is -0.122. The minimum Gasteiger partial charge on any atom is -0.355 e. The van der Waals surface area contributed by atoms with Gasteiger partial charge in [0.2, 0.25) is 5.91 Å². The SMILES string of the molecule is O=C1CCC(NCc2ccc(Br)cc2)CN1. The molecule has 0 spiro atoms. The Balaban J connectivity index is 1.79. The van der Waals surface area contributed by atoms with Gasteiger partial charge in [-0.1, -0.05) is 28.1 Å². The van der Waals surface area contributed by atoms with E-state index in [2.05, 4.69) is 38.7 Å². The summed E-state index contributed by atoms with van der Waals surface area (Å²) in [5, 5.41) is 6.32. The molecule has 1 unspecified atom stereocenters. The molecule has 1 fully saturated rings. The van der Waals surface area contributed by atoms with Crippen LogP contribution in [0.3, 0.4) is 0 Å². The van der Waals surface area contributed by atoms with Gasteiger partial charge in [-0.05, 0) is 24.1 Å². The topological polar surface area (TPSA) is 41.1 Å². The fraction of sp³-hybridized carbons (Fsp3) is 0.417. The molecular weight excluding hydrogens is 268 g/mol. The molecule has 1 aromatic carbocycles.